The second-order valence-electron chi connectivity index (χ2n) is 4.59. The Hall–Kier alpha value is -1.54. The largest absolute Gasteiger partial charge is 0.370 e. The van der Waals surface area contributed by atoms with E-state index < -0.39 is 0 Å². The third-order valence-corrected chi connectivity index (χ3v) is 3.45. The molecule has 0 radical (unpaired) electrons. The number of hydrogen-bond acceptors (Lipinski definition) is 2. The van der Waals surface area contributed by atoms with Gasteiger partial charge in [-0.1, -0.05) is 36.4 Å². The van der Waals surface area contributed by atoms with E-state index in [0.29, 0.717) is 0 Å². The van der Waals surface area contributed by atoms with Gasteiger partial charge in [-0.2, -0.15) is 0 Å². The Kier molecular flexibility index (Phi) is 2.97. The molecule has 0 unspecified atom stereocenters. The van der Waals surface area contributed by atoms with Gasteiger partial charge in [-0.25, -0.2) is 0 Å². The van der Waals surface area contributed by atoms with Gasteiger partial charge >= 0.3 is 0 Å². The number of nitrogens with zero attached hydrogens (tertiary/aromatic N) is 1. The zero-order valence-corrected chi connectivity index (χ0v) is 10.0. The Labute approximate surface area is 102 Å². The summed E-state index contributed by atoms with van der Waals surface area (Å²) in [4.78, 5) is 2.50. The predicted molar refractivity (Wildman–Crippen MR) is 73.6 cm³/mol. The summed E-state index contributed by atoms with van der Waals surface area (Å²) >= 11 is 0. The minimum absolute atomic E-state index is 1.09. The molecule has 0 bridgehead atoms. The van der Waals surface area contributed by atoms with E-state index in [9.17, 15) is 0 Å². The average Bonchev–Trinajstić information content (AvgIpc) is 2.67. The van der Waals surface area contributed by atoms with Crippen LogP contribution in [0.4, 0.5) is 5.69 Å². The molecule has 0 aromatic heterocycles. The topological polar surface area (TPSA) is 15.3 Å². The highest BCUT2D eigenvalue weighted by atomic mass is 15.2. The van der Waals surface area contributed by atoms with Crippen LogP contribution in [0.5, 0.6) is 0 Å². The molecule has 1 saturated heterocycles. The van der Waals surface area contributed by atoms with E-state index >= 15 is 0 Å². The smallest absolute Gasteiger partial charge is 0.0446 e. The SMILES string of the molecule is c1ccc2c(N3CCCNCC3)cccc2c1. The minimum Gasteiger partial charge on any atom is -0.370 e. The van der Waals surface area contributed by atoms with E-state index in [1.54, 1.807) is 0 Å². The van der Waals surface area contributed by atoms with Crippen LogP contribution in [-0.4, -0.2) is 26.2 Å². The molecular weight excluding hydrogens is 208 g/mol. The normalized spacial score (nSPS) is 17.1. The van der Waals surface area contributed by atoms with Gasteiger partial charge in [0.2, 0.25) is 0 Å². The van der Waals surface area contributed by atoms with Gasteiger partial charge in [0.1, 0.15) is 0 Å². The van der Waals surface area contributed by atoms with Crippen LogP contribution in [0.2, 0.25) is 0 Å². The van der Waals surface area contributed by atoms with E-state index in [1.807, 2.05) is 0 Å². The van der Waals surface area contributed by atoms with Gasteiger partial charge in [-0.3, -0.25) is 0 Å². The second kappa shape index (κ2) is 4.76. The van der Waals surface area contributed by atoms with E-state index in [0.717, 1.165) is 26.2 Å². The number of anilines is 1. The van der Waals surface area contributed by atoms with Crippen molar-refractivity contribution < 1.29 is 0 Å². The van der Waals surface area contributed by atoms with E-state index in [2.05, 4.69) is 52.7 Å². The zero-order valence-electron chi connectivity index (χ0n) is 10.0. The molecular formula is C15H18N2. The predicted octanol–water partition coefficient (Wildman–Crippen LogP) is 2.64. The Morgan fingerprint density at radius 1 is 0.882 bits per heavy atom. The van der Waals surface area contributed by atoms with Crippen molar-refractivity contribution in [3.63, 3.8) is 0 Å². The number of hydrogen-bond donors (Lipinski definition) is 1. The molecule has 1 fully saturated rings. The third-order valence-electron chi connectivity index (χ3n) is 3.45. The van der Waals surface area contributed by atoms with Crippen molar-refractivity contribution in [3.8, 4) is 0 Å². The Morgan fingerprint density at radius 3 is 2.76 bits per heavy atom. The summed E-state index contributed by atoms with van der Waals surface area (Å²) in [6.07, 6.45) is 1.23. The lowest BCUT2D eigenvalue weighted by Gasteiger charge is -2.24. The molecule has 88 valence electrons. The summed E-state index contributed by atoms with van der Waals surface area (Å²) in [6, 6.07) is 15.2. The molecule has 2 aromatic rings. The number of benzene rings is 2. The summed E-state index contributed by atoms with van der Waals surface area (Å²) in [7, 11) is 0. The molecule has 1 aliphatic heterocycles. The molecule has 2 aromatic carbocycles. The Bertz CT molecular complexity index is 494. The maximum Gasteiger partial charge on any atom is 0.0446 e. The average molecular weight is 226 g/mol. The lowest BCUT2D eigenvalue weighted by molar-refractivity contribution is 0.724. The Morgan fingerprint density at radius 2 is 1.76 bits per heavy atom. The molecule has 1 heterocycles. The number of nitrogens with one attached hydrogen (secondary N) is 1. The lowest BCUT2D eigenvalue weighted by atomic mass is 10.1. The monoisotopic (exact) mass is 226 g/mol. The van der Waals surface area contributed by atoms with Crippen molar-refractivity contribution in [1.82, 2.24) is 5.32 Å². The van der Waals surface area contributed by atoms with Crippen LogP contribution in [0.3, 0.4) is 0 Å². The highest BCUT2D eigenvalue weighted by Gasteiger charge is 2.11. The van der Waals surface area contributed by atoms with E-state index in [1.165, 1.54) is 22.9 Å². The fourth-order valence-electron chi connectivity index (χ4n) is 2.57. The summed E-state index contributed by atoms with van der Waals surface area (Å²) in [5.74, 6) is 0. The maximum atomic E-state index is 3.45. The zero-order chi connectivity index (χ0) is 11.5. The lowest BCUT2D eigenvalue weighted by Crippen LogP contribution is -2.27. The van der Waals surface area contributed by atoms with Crippen LogP contribution in [0.15, 0.2) is 42.5 Å². The van der Waals surface area contributed by atoms with Crippen molar-refractivity contribution in [2.45, 2.75) is 6.42 Å². The van der Waals surface area contributed by atoms with Crippen LogP contribution >= 0.6 is 0 Å². The molecule has 0 atom stereocenters. The molecule has 1 aliphatic rings. The van der Waals surface area contributed by atoms with Gasteiger partial charge in [-0.15, -0.1) is 0 Å². The van der Waals surface area contributed by atoms with Gasteiger partial charge in [0.15, 0.2) is 0 Å². The maximum absolute atomic E-state index is 3.45. The van der Waals surface area contributed by atoms with Crippen LogP contribution in [0.25, 0.3) is 10.8 Å². The summed E-state index contributed by atoms with van der Waals surface area (Å²) < 4.78 is 0. The van der Waals surface area contributed by atoms with Crippen LogP contribution in [-0.2, 0) is 0 Å². The standard InChI is InChI=1S/C15H18N2/c1-2-7-14-13(5-1)6-3-8-15(14)17-11-4-9-16-10-12-17/h1-3,5-8,16H,4,9-12H2. The fourth-order valence-corrected chi connectivity index (χ4v) is 2.57. The molecule has 0 amide bonds. The molecule has 3 rings (SSSR count). The minimum atomic E-state index is 1.09. The van der Waals surface area contributed by atoms with Gasteiger partial charge in [-0.05, 0) is 24.4 Å². The quantitative estimate of drug-likeness (QED) is 0.804. The first-order valence-corrected chi connectivity index (χ1v) is 6.38. The van der Waals surface area contributed by atoms with Gasteiger partial charge in [0, 0.05) is 30.7 Å². The van der Waals surface area contributed by atoms with Crippen molar-refractivity contribution >= 4 is 16.5 Å². The van der Waals surface area contributed by atoms with Crippen molar-refractivity contribution in [2.75, 3.05) is 31.1 Å². The van der Waals surface area contributed by atoms with Crippen molar-refractivity contribution in [3.05, 3.63) is 42.5 Å². The van der Waals surface area contributed by atoms with Crippen LogP contribution < -0.4 is 10.2 Å². The number of fused-ring (bicyclic) bond motifs is 1. The Balaban J connectivity index is 2.03. The van der Waals surface area contributed by atoms with E-state index in [-0.39, 0.29) is 0 Å². The third kappa shape index (κ3) is 2.13. The first-order valence-electron chi connectivity index (χ1n) is 6.38. The fraction of sp³-hybridized carbons (Fsp3) is 0.333. The first kappa shape index (κ1) is 10.6. The van der Waals surface area contributed by atoms with Gasteiger partial charge < -0.3 is 10.2 Å². The molecule has 0 spiro atoms. The van der Waals surface area contributed by atoms with Crippen LogP contribution in [0, 0.1) is 0 Å². The molecule has 0 aliphatic carbocycles. The van der Waals surface area contributed by atoms with Crippen molar-refractivity contribution in [1.29, 1.82) is 0 Å². The first-order chi connectivity index (χ1) is 8.45. The summed E-state index contributed by atoms with van der Waals surface area (Å²) in [6.45, 7) is 4.49. The molecule has 1 N–H and O–H groups in total. The summed E-state index contributed by atoms with van der Waals surface area (Å²) in [5.41, 5.74) is 1.38. The van der Waals surface area contributed by atoms with Gasteiger partial charge in [0.25, 0.3) is 0 Å². The molecule has 2 nitrogen and oxygen atoms in total. The van der Waals surface area contributed by atoms with Crippen molar-refractivity contribution in [2.24, 2.45) is 0 Å². The molecule has 0 saturated carbocycles. The number of rotatable bonds is 1. The van der Waals surface area contributed by atoms with E-state index in [4.69, 9.17) is 0 Å². The highest BCUT2D eigenvalue weighted by molar-refractivity contribution is 5.94. The summed E-state index contributed by atoms with van der Waals surface area (Å²) in [5, 5.41) is 6.16. The highest BCUT2D eigenvalue weighted by Crippen LogP contribution is 2.26. The van der Waals surface area contributed by atoms with Gasteiger partial charge in [0.05, 0.1) is 0 Å². The molecule has 2 heteroatoms. The second-order valence-corrected chi connectivity index (χ2v) is 4.59. The van der Waals surface area contributed by atoms with Crippen LogP contribution in [0.1, 0.15) is 6.42 Å². The molecule has 17 heavy (non-hydrogen) atoms.